The number of amides is 1. The first-order valence-corrected chi connectivity index (χ1v) is 7.75. The van der Waals surface area contributed by atoms with Gasteiger partial charge in [-0.05, 0) is 55.3 Å². The second kappa shape index (κ2) is 7.55. The fraction of sp³-hybridized carbons (Fsp3) is 0.176. The van der Waals surface area contributed by atoms with Gasteiger partial charge in [-0.1, -0.05) is 23.2 Å². The van der Waals surface area contributed by atoms with E-state index in [9.17, 15) is 9.59 Å². The van der Waals surface area contributed by atoms with Crippen LogP contribution in [0.3, 0.4) is 0 Å². The van der Waals surface area contributed by atoms with Crippen LogP contribution < -0.4 is 10.1 Å². The molecule has 0 aliphatic heterocycles. The molecule has 0 aliphatic carbocycles. The molecular weight excluding hydrogens is 353 g/mol. The lowest BCUT2D eigenvalue weighted by molar-refractivity contribution is -0.118. The molecule has 0 radical (unpaired) electrons. The average Bonchev–Trinajstić information content (AvgIpc) is 2.52. The molecule has 5 nitrogen and oxygen atoms in total. The van der Waals surface area contributed by atoms with Crippen LogP contribution >= 0.6 is 23.2 Å². The summed E-state index contributed by atoms with van der Waals surface area (Å²) in [5, 5.41) is 12.3. The van der Waals surface area contributed by atoms with Crippen molar-refractivity contribution < 1.29 is 19.4 Å². The van der Waals surface area contributed by atoms with E-state index in [1.807, 2.05) is 13.8 Å². The van der Waals surface area contributed by atoms with Gasteiger partial charge in [-0.3, -0.25) is 4.79 Å². The van der Waals surface area contributed by atoms with Crippen molar-refractivity contribution in [1.82, 2.24) is 0 Å². The number of anilines is 1. The highest BCUT2D eigenvalue weighted by atomic mass is 35.5. The average molecular weight is 368 g/mol. The van der Waals surface area contributed by atoms with Gasteiger partial charge >= 0.3 is 5.97 Å². The third-order valence-corrected chi connectivity index (χ3v) is 4.19. The predicted molar refractivity (Wildman–Crippen MR) is 93.5 cm³/mol. The molecule has 0 atom stereocenters. The summed E-state index contributed by atoms with van der Waals surface area (Å²) in [5.74, 6) is -1.05. The molecule has 0 fully saturated rings. The number of carboxylic acids is 1. The van der Waals surface area contributed by atoms with Gasteiger partial charge in [0.15, 0.2) is 6.61 Å². The maximum absolute atomic E-state index is 11.9. The van der Waals surface area contributed by atoms with Crippen molar-refractivity contribution in [1.29, 1.82) is 0 Å². The van der Waals surface area contributed by atoms with E-state index in [4.69, 9.17) is 33.0 Å². The lowest BCUT2D eigenvalue weighted by Crippen LogP contribution is -2.20. The number of nitrogens with one attached hydrogen (secondary N) is 1. The van der Waals surface area contributed by atoms with Crippen LogP contribution in [0.1, 0.15) is 21.5 Å². The number of aromatic carboxylic acids is 1. The molecule has 0 bridgehead atoms. The van der Waals surface area contributed by atoms with Crippen LogP contribution in [0.25, 0.3) is 0 Å². The van der Waals surface area contributed by atoms with Gasteiger partial charge in [-0.15, -0.1) is 0 Å². The van der Waals surface area contributed by atoms with Crippen LogP contribution in [0.15, 0.2) is 30.3 Å². The zero-order valence-electron chi connectivity index (χ0n) is 13.0. The monoisotopic (exact) mass is 367 g/mol. The van der Waals surface area contributed by atoms with E-state index in [1.54, 1.807) is 12.1 Å². The highest BCUT2D eigenvalue weighted by Crippen LogP contribution is 2.26. The van der Waals surface area contributed by atoms with Crippen molar-refractivity contribution in [3.8, 4) is 5.75 Å². The first-order valence-electron chi connectivity index (χ1n) is 7.00. The van der Waals surface area contributed by atoms with Crippen molar-refractivity contribution in [3.63, 3.8) is 0 Å². The molecule has 0 spiro atoms. The van der Waals surface area contributed by atoms with E-state index in [1.165, 1.54) is 18.2 Å². The summed E-state index contributed by atoms with van der Waals surface area (Å²) >= 11 is 11.9. The number of aryl methyl sites for hydroxylation is 2. The summed E-state index contributed by atoms with van der Waals surface area (Å²) in [6.07, 6.45) is 0. The highest BCUT2D eigenvalue weighted by Gasteiger charge is 2.11. The van der Waals surface area contributed by atoms with Gasteiger partial charge in [0.05, 0.1) is 10.6 Å². The Morgan fingerprint density at radius 2 is 1.75 bits per heavy atom. The van der Waals surface area contributed by atoms with E-state index < -0.39 is 11.9 Å². The molecule has 2 aromatic carbocycles. The molecule has 0 aromatic heterocycles. The van der Waals surface area contributed by atoms with Crippen molar-refractivity contribution in [2.75, 3.05) is 11.9 Å². The van der Waals surface area contributed by atoms with E-state index >= 15 is 0 Å². The Bertz CT molecular complexity index is 782. The first-order chi connectivity index (χ1) is 11.3. The fourth-order valence-electron chi connectivity index (χ4n) is 2.10. The molecule has 2 N–H and O–H groups in total. The van der Waals surface area contributed by atoms with E-state index in [-0.39, 0.29) is 17.2 Å². The van der Waals surface area contributed by atoms with Crippen molar-refractivity contribution >= 4 is 40.8 Å². The number of hydrogen-bond acceptors (Lipinski definition) is 3. The Labute approximate surface area is 149 Å². The van der Waals surface area contributed by atoms with Gasteiger partial charge < -0.3 is 15.2 Å². The molecule has 0 unspecified atom stereocenters. The smallest absolute Gasteiger partial charge is 0.337 e. The van der Waals surface area contributed by atoms with Crippen LogP contribution in [0, 0.1) is 13.8 Å². The summed E-state index contributed by atoms with van der Waals surface area (Å²) in [6, 6.07) is 7.71. The molecule has 7 heteroatoms. The third kappa shape index (κ3) is 4.40. The minimum Gasteiger partial charge on any atom is -0.484 e. The number of hydrogen-bond donors (Lipinski definition) is 2. The van der Waals surface area contributed by atoms with E-state index in [0.717, 1.165) is 11.1 Å². The van der Waals surface area contributed by atoms with Crippen molar-refractivity contribution in [2.45, 2.75) is 13.8 Å². The van der Waals surface area contributed by atoms with Gasteiger partial charge in [0.1, 0.15) is 5.75 Å². The number of rotatable bonds is 5. The highest BCUT2D eigenvalue weighted by molar-refractivity contribution is 6.33. The Balaban J connectivity index is 2.01. The van der Waals surface area contributed by atoms with Crippen LogP contribution in [0.2, 0.25) is 10.0 Å². The zero-order chi connectivity index (χ0) is 17.9. The Morgan fingerprint density at radius 1 is 1.12 bits per heavy atom. The zero-order valence-corrected chi connectivity index (χ0v) is 14.5. The molecule has 0 aliphatic rings. The maximum Gasteiger partial charge on any atom is 0.337 e. The van der Waals surface area contributed by atoms with Gasteiger partial charge in [0, 0.05) is 10.7 Å². The number of carbonyl (C=O) groups excluding carboxylic acids is 1. The summed E-state index contributed by atoms with van der Waals surface area (Å²) in [6.45, 7) is 3.48. The fourth-order valence-corrected chi connectivity index (χ4v) is 2.41. The van der Waals surface area contributed by atoms with Crippen molar-refractivity contribution in [2.24, 2.45) is 0 Å². The first kappa shape index (κ1) is 18.1. The number of carbonyl (C=O) groups is 2. The number of benzene rings is 2. The predicted octanol–water partition coefficient (Wildman–Crippen LogP) is 4.33. The second-order valence-electron chi connectivity index (χ2n) is 5.21. The van der Waals surface area contributed by atoms with Gasteiger partial charge in [-0.25, -0.2) is 4.79 Å². The topological polar surface area (TPSA) is 75.6 Å². The molecule has 0 saturated carbocycles. The van der Waals surface area contributed by atoms with Gasteiger partial charge in [0.25, 0.3) is 5.91 Å². The van der Waals surface area contributed by atoms with Crippen LogP contribution in [-0.4, -0.2) is 23.6 Å². The molecule has 0 saturated heterocycles. The lowest BCUT2D eigenvalue weighted by Gasteiger charge is -2.11. The summed E-state index contributed by atoms with van der Waals surface area (Å²) in [4.78, 5) is 23.0. The molecule has 2 rings (SSSR count). The minimum absolute atomic E-state index is 0.0839. The summed E-state index contributed by atoms with van der Waals surface area (Å²) in [7, 11) is 0. The van der Waals surface area contributed by atoms with Crippen molar-refractivity contribution in [3.05, 3.63) is 57.1 Å². The number of halogens is 2. The standard InChI is InChI=1S/C17H15Cl2NO4/c1-9-5-12(6-10(2)16(9)19)24-8-15(21)20-11-3-4-14(18)13(7-11)17(22)23/h3-7H,8H2,1-2H3,(H,20,21)(H,22,23). The van der Waals surface area contributed by atoms with E-state index in [2.05, 4.69) is 5.32 Å². The number of ether oxygens (including phenoxy) is 1. The Hall–Kier alpha value is -2.24. The second-order valence-corrected chi connectivity index (χ2v) is 5.99. The van der Waals surface area contributed by atoms with E-state index in [0.29, 0.717) is 16.5 Å². The summed E-state index contributed by atoms with van der Waals surface area (Å²) in [5.41, 5.74) is 1.96. The molecule has 0 heterocycles. The molecular formula is C17H15Cl2NO4. The Kier molecular flexibility index (Phi) is 5.70. The van der Waals surface area contributed by atoms with Crippen LogP contribution in [0.5, 0.6) is 5.75 Å². The molecule has 24 heavy (non-hydrogen) atoms. The molecule has 126 valence electrons. The molecule has 2 aromatic rings. The maximum atomic E-state index is 11.9. The van der Waals surface area contributed by atoms with Crippen LogP contribution in [-0.2, 0) is 4.79 Å². The SMILES string of the molecule is Cc1cc(OCC(=O)Nc2ccc(Cl)c(C(=O)O)c2)cc(C)c1Cl. The lowest BCUT2D eigenvalue weighted by atomic mass is 10.1. The normalized spacial score (nSPS) is 10.3. The van der Waals surface area contributed by atoms with Gasteiger partial charge in [-0.2, -0.15) is 0 Å². The summed E-state index contributed by atoms with van der Waals surface area (Å²) < 4.78 is 5.45. The van der Waals surface area contributed by atoms with Gasteiger partial charge in [0.2, 0.25) is 0 Å². The third-order valence-electron chi connectivity index (χ3n) is 3.26. The Morgan fingerprint density at radius 3 is 2.33 bits per heavy atom. The molecule has 1 amide bonds. The minimum atomic E-state index is -1.17. The quantitative estimate of drug-likeness (QED) is 0.824. The van der Waals surface area contributed by atoms with Crippen LogP contribution in [0.4, 0.5) is 5.69 Å². The number of carboxylic acid groups (broad SMARTS) is 1. The largest absolute Gasteiger partial charge is 0.484 e.